The molecule has 0 radical (unpaired) electrons. The average molecular weight is 620 g/mol. The first kappa shape index (κ1) is 31.1. The molecule has 0 heterocycles. The smallest absolute Gasteiger partial charge is 0.272 e. The van der Waals surface area contributed by atoms with Crippen LogP contribution in [0.3, 0.4) is 0 Å². The van der Waals surface area contributed by atoms with E-state index in [0.29, 0.717) is 38.9 Å². The largest absolute Gasteiger partial charge is 0.493 e. The Morgan fingerprint density at radius 3 is 2.33 bits per heavy atom. The third kappa shape index (κ3) is 8.60. The molecule has 0 aliphatic carbocycles. The number of anilines is 2. The molecule has 0 bridgehead atoms. The molecule has 11 heteroatoms. The first-order valence-corrected chi connectivity index (χ1v) is 14.2. The number of nitrogens with one attached hydrogen (secondary N) is 3. The van der Waals surface area contributed by atoms with E-state index in [4.69, 9.17) is 21.1 Å². The van der Waals surface area contributed by atoms with Gasteiger partial charge in [0.1, 0.15) is 11.5 Å². The summed E-state index contributed by atoms with van der Waals surface area (Å²) in [5.74, 6) is -1.04. The summed E-state index contributed by atoms with van der Waals surface area (Å²) in [6.07, 6.45) is 1.50. The third-order valence-electron chi connectivity index (χ3n) is 5.93. The minimum absolute atomic E-state index is 0.0317. The fourth-order valence-electron chi connectivity index (χ4n) is 3.91. The molecule has 0 unspecified atom stereocenters. The average Bonchev–Trinajstić information content (AvgIpc) is 3.01. The Morgan fingerprint density at radius 2 is 1.60 bits per heavy atom. The summed E-state index contributed by atoms with van der Waals surface area (Å²) in [6.45, 7) is 0. The van der Waals surface area contributed by atoms with E-state index in [9.17, 15) is 18.8 Å². The lowest BCUT2D eigenvalue weighted by atomic mass is 10.1. The highest BCUT2D eigenvalue weighted by Gasteiger charge is 2.18. The van der Waals surface area contributed by atoms with Crippen molar-refractivity contribution in [2.75, 3.05) is 30.6 Å². The molecule has 43 heavy (non-hydrogen) atoms. The second-order valence-electron chi connectivity index (χ2n) is 8.91. The zero-order valence-corrected chi connectivity index (χ0v) is 24.7. The van der Waals surface area contributed by atoms with Gasteiger partial charge in [0.05, 0.1) is 25.0 Å². The van der Waals surface area contributed by atoms with Crippen LogP contribution in [-0.2, 0) is 9.59 Å². The zero-order valence-electron chi connectivity index (χ0n) is 23.2. The molecular weight excluding hydrogens is 593 g/mol. The molecule has 0 spiro atoms. The van der Waals surface area contributed by atoms with E-state index in [1.165, 1.54) is 50.3 Å². The summed E-state index contributed by atoms with van der Waals surface area (Å²) < 4.78 is 24.2. The van der Waals surface area contributed by atoms with E-state index in [0.717, 1.165) is 0 Å². The van der Waals surface area contributed by atoms with Gasteiger partial charge in [0.15, 0.2) is 11.5 Å². The molecule has 0 aliphatic rings. The molecule has 4 aromatic carbocycles. The predicted octanol–water partition coefficient (Wildman–Crippen LogP) is 6.64. The lowest BCUT2D eigenvalue weighted by molar-refractivity contribution is -0.114. The molecule has 0 atom stereocenters. The number of methoxy groups -OCH3 is 2. The van der Waals surface area contributed by atoms with Gasteiger partial charge in [0.2, 0.25) is 5.91 Å². The zero-order chi connectivity index (χ0) is 30.8. The summed E-state index contributed by atoms with van der Waals surface area (Å²) in [6, 6.07) is 24.5. The second kappa shape index (κ2) is 14.9. The number of para-hydroxylation sites is 1. The van der Waals surface area contributed by atoms with E-state index in [1.807, 2.05) is 0 Å². The van der Waals surface area contributed by atoms with Crippen molar-refractivity contribution in [3.05, 3.63) is 119 Å². The minimum atomic E-state index is -0.581. The van der Waals surface area contributed by atoms with Gasteiger partial charge in [-0.2, -0.15) is 0 Å². The van der Waals surface area contributed by atoms with E-state index in [-0.39, 0.29) is 22.4 Å². The Kier molecular flexibility index (Phi) is 10.8. The predicted molar refractivity (Wildman–Crippen MR) is 167 cm³/mol. The van der Waals surface area contributed by atoms with Crippen molar-refractivity contribution in [2.24, 2.45) is 0 Å². The number of hydrogen-bond acceptors (Lipinski definition) is 6. The monoisotopic (exact) mass is 619 g/mol. The summed E-state index contributed by atoms with van der Waals surface area (Å²) >= 11 is 7.02. The molecule has 3 amide bonds. The van der Waals surface area contributed by atoms with Crippen LogP contribution in [0.5, 0.6) is 11.5 Å². The Hall–Kier alpha value is -4.80. The molecule has 0 aliphatic heterocycles. The number of halogens is 2. The number of carbonyl (C=O) groups excluding carboxylic acids is 3. The lowest BCUT2D eigenvalue weighted by Crippen LogP contribution is -2.30. The van der Waals surface area contributed by atoms with Crippen molar-refractivity contribution in [3.63, 3.8) is 0 Å². The molecule has 4 aromatic rings. The van der Waals surface area contributed by atoms with Crippen LogP contribution in [0.2, 0.25) is 5.02 Å². The van der Waals surface area contributed by atoms with Gasteiger partial charge in [-0.1, -0.05) is 48.0 Å². The maximum atomic E-state index is 13.5. The number of amides is 3. The van der Waals surface area contributed by atoms with E-state index >= 15 is 0 Å². The molecular formula is C32H27ClFN3O5S. The number of thioether (sulfide) groups is 1. The number of rotatable bonds is 11. The van der Waals surface area contributed by atoms with Gasteiger partial charge in [-0.05, 0) is 60.7 Å². The van der Waals surface area contributed by atoms with Crippen LogP contribution in [0.1, 0.15) is 15.9 Å². The lowest BCUT2D eigenvalue weighted by Gasteiger charge is -2.14. The first-order valence-electron chi connectivity index (χ1n) is 12.9. The Balaban J connectivity index is 1.51. The standard InChI is InChI=1S/C32H27ClFN3O5S/c1-41-28-13-6-10-21(30(28)42-2)16-27(37-31(39)20-8-4-3-5-9-20)32(40)36-22-11-7-12-24(17-22)43-19-29(38)35-23-14-15-26(34)25(33)18-23/h3-18H,19H2,1-2H3,(H,35,38)(H,36,40)(H,37,39)/b27-16+. The van der Waals surface area contributed by atoms with Gasteiger partial charge in [0.25, 0.3) is 11.8 Å². The Labute approximate surface area is 257 Å². The second-order valence-corrected chi connectivity index (χ2v) is 10.4. The molecule has 8 nitrogen and oxygen atoms in total. The molecule has 220 valence electrons. The third-order valence-corrected chi connectivity index (χ3v) is 7.21. The van der Waals surface area contributed by atoms with Crippen LogP contribution >= 0.6 is 23.4 Å². The van der Waals surface area contributed by atoms with Crippen LogP contribution in [0.15, 0.2) is 102 Å². The summed E-state index contributed by atoms with van der Waals surface area (Å²) in [5.41, 5.74) is 1.67. The summed E-state index contributed by atoms with van der Waals surface area (Å²) in [7, 11) is 2.99. The topological polar surface area (TPSA) is 106 Å². The maximum absolute atomic E-state index is 13.5. The summed E-state index contributed by atoms with van der Waals surface area (Å²) in [4.78, 5) is 39.6. The van der Waals surface area contributed by atoms with Crippen LogP contribution < -0.4 is 25.4 Å². The van der Waals surface area contributed by atoms with Gasteiger partial charge in [0, 0.05) is 27.4 Å². The van der Waals surface area contributed by atoms with E-state index in [2.05, 4.69) is 16.0 Å². The van der Waals surface area contributed by atoms with E-state index < -0.39 is 17.6 Å². The fraction of sp³-hybridized carbons (Fsp3) is 0.0938. The van der Waals surface area contributed by atoms with Gasteiger partial charge in [-0.3, -0.25) is 14.4 Å². The van der Waals surface area contributed by atoms with Crippen molar-refractivity contribution in [3.8, 4) is 11.5 Å². The maximum Gasteiger partial charge on any atom is 0.272 e. The van der Waals surface area contributed by atoms with Gasteiger partial charge in [-0.15, -0.1) is 11.8 Å². The van der Waals surface area contributed by atoms with Gasteiger partial charge < -0.3 is 25.4 Å². The van der Waals surface area contributed by atoms with Gasteiger partial charge >= 0.3 is 0 Å². The van der Waals surface area contributed by atoms with Crippen molar-refractivity contribution in [1.29, 1.82) is 0 Å². The highest BCUT2D eigenvalue weighted by atomic mass is 35.5. The van der Waals surface area contributed by atoms with Crippen molar-refractivity contribution < 1.29 is 28.2 Å². The SMILES string of the molecule is COc1cccc(/C=C(/NC(=O)c2ccccc2)C(=O)Nc2cccc(SCC(=O)Nc3ccc(F)c(Cl)c3)c2)c1OC. The van der Waals surface area contributed by atoms with Crippen molar-refractivity contribution >= 4 is 58.5 Å². The molecule has 4 rings (SSSR count). The number of ether oxygens (including phenoxy) is 2. The molecule has 0 saturated heterocycles. The van der Waals surface area contributed by atoms with Crippen LogP contribution in [0, 0.1) is 5.82 Å². The molecule has 0 aromatic heterocycles. The van der Waals surface area contributed by atoms with Crippen LogP contribution in [-0.4, -0.2) is 37.7 Å². The quantitative estimate of drug-likeness (QED) is 0.128. The van der Waals surface area contributed by atoms with Crippen LogP contribution in [0.25, 0.3) is 6.08 Å². The molecule has 0 fully saturated rings. The Bertz CT molecular complexity index is 1670. The first-order chi connectivity index (χ1) is 20.8. The normalized spacial score (nSPS) is 10.9. The van der Waals surface area contributed by atoms with E-state index in [1.54, 1.807) is 72.8 Å². The number of benzene rings is 4. The molecule has 0 saturated carbocycles. The number of hydrogen-bond donors (Lipinski definition) is 3. The van der Waals surface area contributed by atoms with Crippen molar-refractivity contribution in [2.45, 2.75) is 4.90 Å². The highest BCUT2D eigenvalue weighted by molar-refractivity contribution is 8.00. The molecule has 3 N–H and O–H groups in total. The fourth-order valence-corrected chi connectivity index (χ4v) is 4.84. The number of carbonyl (C=O) groups is 3. The Morgan fingerprint density at radius 1 is 0.860 bits per heavy atom. The van der Waals surface area contributed by atoms with Crippen molar-refractivity contribution in [1.82, 2.24) is 5.32 Å². The summed E-state index contributed by atoms with van der Waals surface area (Å²) in [5, 5.41) is 8.08. The van der Waals surface area contributed by atoms with Crippen LogP contribution in [0.4, 0.5) is 15.8 Å². The van der Waals surface area contributed by atoms with Gasteiger partial charge in [-0.25, -0.2) is 4.39 Å². The highest BCUT2D eigenvalue weighted by Crippen LogP contribution is 2.32. The minimum Gasteiger partial charge on any atom is -0.493 e.